The van der Waals surface area contributed by atoms with Crippen LogP contribution in [0.25, 0.3) is 10.2 Å². The van der Waals surface area contributed by atoms with Crippen LogP contribution in [0.1, 0.15) is 44.1 Å². The maximum Gasteiger partial charge on any atom is 0.262 e. The molecule has 0 aromatic carbocycles. The van der Waals surface area contributed by atoms with Gasteiger partial charge in [-0.2, -0.15) is 0 Å². The second kappa shape index (κ2) is 6.52. The number of amides is 1. The standard InChI is InChI=1S/C17H23N3O2S2/c1-17(2,3)19-12(21)9-23-16-18-14-13(15(22)20(16)4)10-7-5-6-8-11(10)24-14/h5-9H2,1-4H3,(H,19,21). The summed E-state index contributed by atoms with van der Waals surface area (Å²) in [7, 11) is 1.74. The van der Waals surface area contributed by atoms with Gasteiger partial charge in [-0.15, -0.1) is 11.3 Å². The lowest BCUT2D eigenvalue weighted by molar-refractivity contribution is -0.119. The Balaban J connectivity index is 1.88. The van der Waals surface area contributed by atoms with Gasteiger partial charge < -0.3 is 5.32 Å². The molecule has 2 aromatic rings. The molecule has 0 saturated heterocycles. The van der Waals surface area contributed by atoms with Crippen LogP contribution >= 0.6 is 23.1 Å². The van der Waals surface area contributed by atoms with Gasteiger partial charge in [-0.25, -0.2) is 4.98 Å². The number of nitrogens with zero attached hydrogens (tertiary/aromatic N) is 2. The largest absolute Gasteiger partial charge is 0.351 e. The van der Waals surface area contributed by atoms with Gasteiger partial charge in [0.2, 0.25) is 5.91 Å². The fourth-order valence-electron chi connectivity index (χ4n) is 2.98. The summed E-state index contributed by atoms with van der Waals surface area (Å²) >= 11 is 2.96. The third-order valence-corrected chi connectivity index (χ3v) is 6.22. The molecule has 130 valence electrons. The van der Waals surface area contributed by atoms with Crippen LogP contribution in [-0.2, 0) is 24.7 Å². The van der Waals surface area contributed by atoms with Crippen molar-refractivity contribution in [2.24, 2.45) is 7.05 Å². The molecule has 0 spiro atoms. The Kier molecular flexibility index (Phi) is 4.75. The maximum atomic E-state index is 12.8. The van der Waals surface area contributed by atoms with Gasteiger partial charge in [0.1, 0.15) is 4.83 Å². The number of rotatable bonds is 3. The molecule has 0 saturated carbocycles. The molecule has 0 unspecified atom stereocenters. The van der Waals surface area contributed by atoms with Crippen molar-refractivity contribution >= 4 is 39.2 Å². The van der Waals surface area contributed by atoms with Crippen molar-refractivity contribution in [2.75, 3.05) is 5.75 Å². The molecule has 2 heterocycles. The number of aryl methyl sites for hydroxylation is 2. The van der Waals surface area contributed by atoms with E-state index in [1.807, 2.05) is 20.8 Å². The highest BCUT2D eigenvalue weighted by Crippen LogP contribution is 2.34. The summed E-state index contributed by atoms with van der Waals surface area (Å²) < 4.78 is 1.58. The van der Waals surface area contributed by atoms with Crippen molar-refractivity contribution in [3.8, 4) is 0 Å². The van der Waals surface area contributed by atoms with Crippen molar-refractivity contribution in [2.45, 2.75) is 57.1 Å². The normalized spacial score (nSPS) is 14.7. The predicted molar refractivity (Wildman–Crippen MR) is 100 cm³/mol. The van der Waals surface area contributed by atoms with Gasteiger partial charge in [0, 0.05) is 17.5 Å². The van der Waals surface area contributed by atoms with Gasteiger partial charge in [0.15, 0.2) is 5.16 Å². The molecule has 0 aliphatic heterocycles. The lowest BCUT2D eigenvalue weighted by Gasteiger charge is -2.20. The van der Waals surface area contributed by atoms with Gasteiger partial charge in [-0.3, -0.25) is 14.2 Å². The first-order valence-corrected chi connectivity index (χ1v) is 10.0. The number of nitrogens with one attached hydrogen (secondary N) is 1. The van der Waals surface area contributed by atoms with E-state index in [4.69, 9.17) is 0 Å². The SMILES string of the molecule is Cn1c(SCC(=O)NC(C)(C)C)nc2sc3c(c2c1=O)CCCC3. The molecule has 0 fully saturated rings. The molecule has 2 aromatic heterocycles. The van der Waals surface area contributed by atoms with Crippen LogP contribution in [0.5, 0.6) is 0 Å². The van der Waals surface area contributed by atoms with E-state index in [1.54, 1.807) is 23.0 Å². The van der Waals surface area contributed by atoms with E-state index in [1.165, 1.54) is 28.6 Å². The zero-order chi connectivity index (χ0) is 17.5. The number of aromatic nitrogens is 2. The molecule has 5 nitrogen and oxygen atoms in total. The molecule has 0 bridgehead atoms. The number of carbonyl (C=O) groups excluding carboxylic acids is 1. The van der Waals surface area contributed by atoms with Crippen LogP contribution in [-0.4, -0.2) is 26.8 Å². The number of thiophene rings is 1. The predicted octanol–water partition coefficient (Wildman–Crippen LogP) is 2.88. The summed E-state index contributed by atoms with van der Waals surface area (Å²) in [6.45, 7) is 5.85. The summed E-state index contributed by atoms with van der Waals surface area (Å²) in [4.78, 5) is 31.6. The lowest BCUT2D eigenvalue weighted by Crippen LogP contribution is -2.41. The Hall–Kier alpha value is -1.34. The molecule has 1 aliphatic carbocycles. The fraction of sp³-hybridized carbons (Fsp3) is 0.588. The minimum atomic E-state index is -0.256. The van der Waals surface area contributed by atoms with Crippen molar-refractivity contribution in [1.82, 2.24) is 14.9 Å². The van der Waals surface area contributed by atoms with Crippen LogP contribution in [0.2, 0.25) is 0 Å². The van der Waals surface area contributed by atoms with E-state index < -0.39 is 0 Å². The van der Waals surface area contributed by atoms with Crippen molar-refractivity contribution < 1.29 is 4.79 Å². The summed E-state index contributed by atoms with van der Waals surface area (Å²) in [5.74, 6) is 0.209. The zero-order valence-corrected chi connectivity index (χ0v) is 16.2. The molecular formula is C17H23N3O2S2. The number of thioether (sulfide) groups is 1. The molecular weight excluding hydrogens is 342 g/mol. The smallest absolute Gasteiger partial charge is 0.262 e. The van der Waals surface area contributed by atoms with Gasteiger partial charge in [0.25, 0.3) is 5.56 Å². The number of fused-ring (bicyclic) bond motifs is 3. The van der Waals surface area contributed by atoms with Crippen LogP contribution < -0.4 is 10.9 Å². The summed E-state index contributed by atoms with van der Waals surface area (Å²) in [5, 5.41) is 4.33. The molecule has 1 amide bonds. The maximum absolute atomic E-state index is 12.8. The molecule has 0 radical (unpaired) electrons. The molecule has 7 heteroatoms. The first-order chi connectivity index (χ1) is 11.3. The van der Waals surface area contributed by atoms with Crippen molar-refractivity contribution in [3.63, 3.8) is 0 Å². The minimum absolute atomic E-state index is 0.0122. The van der Waals surface area contributed by atoms with Crippen molar-refractivity contribution in [1.29, 1.82) is 0 Å². The summed E-state index contributed by atoms with van der Waals surface area (Å²) in [5.41, 5.74) is 0.961. The molecule has 0 atom stereocenters. The van der Waals surface area contributed by atoms with E-state index in [0.717, 1.165) is 29.5 Å². The molecule has 1 N–H and O–H groups in total. The zero-order valence-electron chi connectivity index (χ0n) is 14.6. The van der Waals surface area contributed by atoms with Crippen molar-refractivity contribution in [3.05, 3.63) is 20.8 Å². The van der Waals surface area contributed by atoms with Crippen LogP contribution in [0.15, 0.2) is 9.95 Å². The Morgan fingerprint density at radius 3 is 2.75 bits per heavy atom. The average molecular weight is 366 g/mol. The quantitative estimate of drug-likeness (QED) is 0.671. The number of carbonyl (C=O) groups is 1. The molecule has 1 aliphatic rings. The summed E-state index contributed by atoms with van der Waals surface area (Å²) in [6.07, 6.45) is 4.36. The average Bonchev–Trinajstić information content (AvgIpc) is 2.86. The highest BCUT2D eigenvalue weighted by Gasteiger charge is 2.22. The first kappa shape index (κ1) is 17.5. The van der Waals surface area contributed by atoms with E-state index in [9.17, 15) is 9.59 Å². The van der Waals surface area contributed by atoms with E-state index >= 15 is 0 Å². The third kappa shape index (κ3) is 3.52. The van der Waals surface area contributed by atoms with Crippen LogP contribution in [0, 0.1) is 0 Å². The second-order valence-corrected chi connectivity index (χ2v) is 9.26. The van der Waals surface area contributed by atoms with Gasteiger partial charge >= 0.3 is 0 Å². The number of hydrogen-bond donors (Lipinski definition) is 1. The van der Waals surface area contributed by atoms with Crippen LogP contribution in [0.4, 0.5) is 0 Å². The second-order valence-electron chi connectivity index (χ2n) is 7.24. The fourth-order valence-corrected chi connectivity index (χ4v) is 5.06. The molecule has 3 rings (SSSR count). The van der Waals surface area contributed by atoms with Gasteiger partial charge in [-0.05, 0) is 52.0 Å². The monoisotopic (exact) mass is 365 g/mol. The Morgan fingerprint density at radius 1 is 1.33 bits per heavy atom. The van der Waals surface area contributed by atoms with E-state index in [-0.39, 0.29) is 22.8 Å². The topological polar surface area (TPSA) is 64.0 Å². The summed E-state index contributed by atoms with van der Waals surface area (Å²) in [6, 6.07) is 0. The first-order valence-electron chi connectivity index (χ1n) is 8.21. The highest BCUT2D eigenvalue weighted by molar-refractivity contribution is 7.99. The lowest BCUT2D eigenvalue weighted by atomic mass is 9.97. The Bertz CT molecular complexity index is 846. The minimum Gasteiger partial charge on any atom is -0.351 e. The van der Waals surface area contributed by atoms with E-state index in [2.05, 4.69) is 10.3 Å². The Labute approximate surface area is 149 Å². The van der Waals surface area contributed by atoms with Gasteiger partial charge in [0.05, 0.1) is 11.1 Å². The number of hydrogen-bond acceptors (Lipinski definition) is 5. The van der Waals surface area contributed by atoms with Gasteiger partial charge in [-0.1, -0.05) is 11.8 Å². The highest BCUT2D eigenvalue weighted by atomic mass is 32.2. The van der Waals surface area contributed by atoms with E-state index in [0.29, 0.717) is 5.16 Å². The Morgan fingerprint density at radius 2 is 2.04 bits per heavy atom. The van der Waals surface area contributed by atoms with Crippen LogP contribution in [0.3, 0.4) is 0 Å². The third-order valence-electron chi connectivity index (χ3n) is 4.00. The molecule has 24 heavy (non-hydrogen) atoms.